The van der Waals surface area contributed by atoms with E-state index < -0.39 is 10.0 Å². The van der Waals surface area contributed by atoms with Crippen LogP contribution in [0.4, 0.5) is 5.69 Å². The molecule has 0 saturated carbocycles. The van der Waals surface area contributed by atoms with Crippen LogP contribution in [-0.4, -0.2) is 25.4 Å². The van der Waals surface area contributed by atoms with E-state index in [1.54, 1.807) is 60.7 Å². The van der Waals surface area contributed by atoms with Crippen molar-refractivity contribution in [2.24, 2.45) is 0 Å². The number of anilines is 1. The molecule has 0 amide bonds. The highest BCUT2D eigenvalue weighted by Crippen LogP contribution is 2.35. The first kappa shape index (κ1) is 19.1. The molecule has 2 heterocycles. The zero-order valence-electron chi connectivity index (χ0n) is 16.4. The van der Waals surface area contributed by atoms with Crippen LogP contribution in [0.2, 0.25) is 0 Å². The normalized spacial score (nSPS) is 12.7. The molecule has 156 valence electrons. The van der Waals surface area contributed by atoms with E-state index in [4.69, 9.17) is 14.0 Å². The first-order valence-corrected chi connectivity index (χ1v) is 10.9. The Labute approximate surface area is 178 Å². The Morgan fingerprint density at radius 3 is 2.35 bits per heavy atom. The summed E-state index contributed by atoms with van der Waals surface area (Å²) in [6.45, 7) is 2.09. The summed E-state index contributed by atoms with van der Waals surface area (Å²) >= 11 is 0. The number of sulfonamides is 1. The second kappa shape index (κ2) is 7.44. The van der Waals surface area contributed by atoms with E-state index in [1.165, 1.54) is 0 Å². The number of ether oxygens (including phenoxy) is 2. The van der Waals surface area contributed by atoms with Gasteiger partial charge in [0.1, 0.15) is 0 Å². The lowest BCUT2D eigenvalue weighted by atomic mass is 10.2. The third-order valence-electron chi connectivity index (χ3n) is 4.77. The summed E-state index contributed by atoms with van der Waals surface area (Å²) in [4.78, 5) is 4.63. The van der Waals surface area contributed by atoms with Crippen LogP contribution in [-0.2, 0) is 10.0 Å². The SMILES string of the molecule is Cc1ccc(S(=O)(=O)Nc2ccc(-c3noc(-c4ccc5c(c4)OCO5)n3)cc2)cc1. The van der Waals surface area contributed by atoms with Gasteiger partial charge in [0.25, 0.3) is 15.9 Å². The summed E-state index contributed by atoms with van der Waals surface area (Å²) in [5, 5.41) is 4.02. The van der Waals surface area contributed by atoms with Crippen molar-refractivity contribution in [2.45, 2.75) is 11.8 Å². The maximum absolute atomic E-state index is 12.5. The zero-order valence-corrected chi connectivity index (χ0v) is 17.2. The lowest BCUT2D eigenvalue weighted by Crippen LogP contribution is -2.12. The molecule has 1 aromatic heterocycles. The van der Waals surface area contributed by atoms with E-state index in [-0.39, 0.29) is 11.7 Å². The average Bonchev–Trinajstić information content (AvgIpc) is 3.43. The highest BCUT2D eigenvalue weighted by molar-refractivity contribution is 7.92. The number of aromatic nitrogens is 2. The van der Waals surface area contributed by atoms with Crippen molar-refractivity contribution >= 4 is 15.7 Å². The number of nitrogens with one attached hydrogen (secondary N) is 1. The number of fused-ring (bicyclic) bond motifs is 1. The Hall–Kier alpha value is -3.85. The van der Waals surface area contributed by atoms with Gasteiger partial charge in [-0.15, -0.1) is 0 Å². The molecule has 0 atom stereocenters. The topological polar surface area (TPSA) is 104 Å². The third-order valence-corrected chi connectivity index (χ3v) is 6.17. The van der Waals surface area contributed by atoms with Gasteiger partial charge in [-0.05, 0) is 61.5 Å². The Balaban J connectivity index is 1.34. The largest absolute Gasteiger partial charge is 0.454 e. The fraction of sp³-hybridized carbons (Fsp3) is 0.0909. The summed E-state index contributed by atoms with van der Waals surface area (Å²) in [6.07, 6.45) is 0. The summed E-state index contributed by atoms with van der Waals surface area (Å²) < 4.78 is 43.7. The minimum atomic E-state index is -3.67. The molecule has 8 nitrogen and oxygen atoms in total. The molecule has 9 heteroatoms. The zero-order chi connectivity index (χ0) is 21.4. The van der Waals surface area contributed by atoms with Gasteiger partial charge >= 0.3 is 0 Å². The third kappa shape index (κ3) is 3.82. The van der Waals surface area contributed by atoms with Crippen LogP contribution >= 0.6 is 0 Å². The number of nitrogens with zero attached hydrogens (tertiary/aromatic N) is 2. The monoisotopic (exact) mass is 435 g/mol. The summed E-state index contributed by atoms with van der Waals surface area (Å²) in [7, 11) is -3.67. The van der Waals surface area contributed by atoms with Gasteiger partial charge in [0, 0.05) is 16.8 Å². The summed E-state index contributed by atoms with van der Waals surface area (Å²) in [6, 6.07) is 18.8. The lowest BCUT2D eigenvalue weighted by molar-refractivity contribution is 0.174. The van der Waals surface area contributed by atoms with Crippen LogP contribution in [0.5, 0.6) is 11.5 Å². The highest BCUT2D eigenvalue weighted by Gasteiger charge is 2.18. The second-order valence-electron chi connectivity index (χ2n) is 6.99. The van der Waals surface area contributed by atoms with Gasteiger partial charge in [0.2, 0.25) is 12.6 Å². The molecule has 0 radical (unpaired) electrons. The van der Waals surface area contributed by atoms with Gasteiger partial charge < -0.3 is 14.0 Å². The molecular formula is C22H17N3O5S. The number of hydrogen-bond acceptors (Lipinski definition) is 7. The van der Waals surface area contributed by atoms with Gasteiger partial charge in [-0.1, -0.05) is 22.9 Å². The molecule has 1 N–H and O–H groups in total. The predicted octanol–water partition coefficient (Wildman–Crippen LogP) is 4.24. The highest BCUT2D eigenvalue weighted by atomic mass is 32.2. The van der Waals surface area contributed by atoms with E-state index >= 15 is 0 Å². The number of hydrogen-bond donors (Lipinski definition) is 1. The molecule has 1 aliphatic rings. The van der Waals surface area contributed by atoms with Gasteiger partial charge in [-0.25, -0.2) is 8.42 Å². The average molecular weight is 435 g/mol. The molecule has 3 aromatic carbocycles. The molecule has 0 fully saturated rings. The number of rotatable bonds is 5. The van der Waals surface area contributed by atoms with Crippen molar-refractivity contribution in [1.82, 2.24) is 10.1 Å². The predicted molar refractivity (Wildman–Crippen MR) is 113 cm³/mol. The van der Waals surface area contributed by atoms with Gasteiger partial charge in [-0.2, -0.15) is 4.98 Å². The van der Waals surface area contributed by atoms with Gasteiger partial charge in [0.15, 0.2) is 11.5 Å². The maximum atomic E-state index is 12.5. The first-order chi connectivity index (χ1) is 15.0. The standard InChI is InChI=1S/C22H17N3O5S/c1-14-2-9-18(10-3-14)31(26,27)25-17-7-4-15(5-8-17)21-23-22(30-24-21)16-6-11-19-20(12-16)29-13-28-19/h2-12,25H,13H2,1H3. The molecule has 5 rings (SSSR count). The van der Waals surface area contributed by atoms with Crippen molar-refractivity contribution in [3.05, 3.63) is 72.3 Å². The number of aryl methyl sites for hydroxylation is 1. The molecule has 0 bridgehead atoms. The van der Waals surface area contributed by atoms with Crippen molar-refractivity contribution < 1.29 is 22.4 Å². The van der Waals surface area contributed by atoms with Crippen LogP contribution in [0.1, 0.15) is 5.56 Å². The fourth-order valence-corrected chi connectivity index (χ4v) is 4.17. The van der Waals surface area contributed by atoms with E-state index in [1.807, 2.05) is 13.0 Å². The van der Waals surface area contributed by atoms with E-state index in [9.17, 15) is 8.42 Å². The molecule has 0 spiro atoms. The fourth-order valence-electron chi connectivity index (χ4n) is 3.11. The van der Waals surface area contributed by atoms with E-state index in [0.29, 0.717) is 40.0 Å². The van der Waals surface area contributed by atoms with Crippen molar-refractivity contribution in [2.75, 3.05) is 11.5 Å². The molecule has 0 unspecified atom stereocenters. The van der Waals surface area contributed by atoms with Crippen LogP contribution in [0.15, 0.2) is 76.1 Å². The molecular weight excluding hydrogens is 418 g/mol. The smallest absolute Gasteiger partial charge is 0.261 e. The molecule has 1 aliphatic heterocycles. The van der Waals surface area contributed by atoms with Crippen LogP contribution in [0.3, 0.4) is 0 Å². The first-order valence-electron chi connectivity index (χ1n) is 9.42. The van der Waals surface area contributed by atoms with Crippen LogP contribution < -0.4 is 14.2 Å². The minimum absolute atomic E-state index is 0.188. The van der Waals surface area contributed by atoms with Crippen molar-refractivity contribution in [3.63, 3.8) is 0 Å². The van der Waals surface area contributed by atoms with Crippen molar-refractivity contribution in [1.29, 1.82) is 0 Å². The number of benzene rings is 3. The lowest BCUT2D eigenvalue weighted by Gasteiger charge is -2.08. The molecule has 0 aliphatic carbocycles. The molecule has 31 heavy (non-hydrogen) atoms. The Morgan fingerprint density at radius 2 is 1.58 bits per heavy atom. The van der Waals surface area contributed by atoms with Crippen LogP contribution in [0.25, 0.3) is 22.8 Å². The maximum Gasteiger partial charge on any atom is 0.261 e. The Morgan fingerprint density at radius 1 is 0.871 bits per heavy atom. The van der Waals surface area contributed by atoms with Crippen molar-refractivity contribution in [3.8, 4) is 34.3 Å². The summed E-state index contributed by atoms with van der Waals surface area (Å²) in [5.74, 6) is 2.03. The minimum Gasteiger partial charge on any atom is -0.454 e. The molecule has 0 saturated heterocycles. The Bertz CT molecular complexity index is 1350. The summed E-state index contributed by atoms with van der Waals surface area (Å²) in [5.41, 5.74) is 2.83. The second-order valence-corrected chi connectivity index (χ2v) is 8.67. The molecule has 4 aromatic rings. The van der Waals surface area contributed by atoms with Gasteiger partial charge in [-0.3, -0.25) is 4.72 Å². The van der Waals surface area contributed by atoms with E-state index in [2.05, 4.69) is 14.9 Å². The van der Waals surface area contributed by atoms with Crippen LogP contribution in [0, 0.1) is 6.92 Å². The van der Waals surface area contributed by atoms with E-state index in [0.717, 1.165) is 5.56 Å². The quantitative estimate of drug-likeness (QED) is 0.500. The Kier molecular flexibility index (Phi) is 4.59. The van der Waals surface area contributed by atoms with Gasteiger partial charge in [0.05, 0.1) is 4.90 Å².